The predicted octanol–water partition coefficient (Wildman–Crippen LogP) is 12.3. The maximum atomic E-state index is 9.16. The van der Waals surface area contributed by atoms with Crippen LogP contribution in [-0.2, 0) is 51.4 Å². The Morgan fingerprint density at radius 2 is 0.890 bits per heavy atom. The minimum Gasteiger partial charge on any atom is -0.497 e. The Balaban J connectivity index is 0.000000286. The standard InChI is InChI=1S/C29H46N2O6Si2.C16H25IN2O3Si.C13H23BO5Si/c1-32-27-19-23(37-21-36-15-17-39(7,8)9)11-13-24(27)22-10-12-25-26(18-22)31(20-35-14-16-38(4,5)6)30-28(25)29(33-2)34-3;1-20-16(21-2)15-13-7-6-12(17)10-14(13)19(18-15)11-22-8-9-23(3,4)5;1-17-13-9-11(5-6-12(13)14(15)16)19-10-18-7-8-20(2,3)4/h10-13,18-19,29H,14-17,20-21H2,1-9H3;6-7,10,16H,8-9,11H2,1-5H3;5-6,9,15-16H,7-8,10H2,1-4H3. The number of fused-ring (bicyclic) bond motifs is 2. The monoisotopic (exact) mass is 1320 g/mol. The van der Waals surface area contributed by atoms with Gasteiger partial charge in [0.1, 0.15) is 47.8 Å². The molecule has 18 nitrogen and oxygen atoms in total. The molecule has 0 amide bonds. The van der Waals surface area contributed by atoms with Crippen molar-refractivity contribution in [2.24, 2.45) is 0 Å². The molecule has 2 N–H and O–H groups in total. The van der Waals surface area contributed by atoms with E-state index in [-0.39, 0.29) is 13.6 Å². The first-order chi connectivity index (χ1) is 38.6. The summed E-state index contributed by atoms with van der Waals surface area (Å²) in [6.45, 7) is 32.1. The van der Waals surface area contributed by atoms with Crippen molar-refractivity contribution < 1.29 is 66.9 Å². The summed E-state index contributed by atoms with van der Waals surface area (Å²) in [5.41, 5.74) is 5.75. The molecule has 2 aromatic heterocycles. The zero-order valence-corrected chi connectivity index (χ0v) is 58.3. The predicted molar refractivity (Wildman–Crippen MR) is 348 cm³/mol. The molecule has 0 spiro atoms. The number of rotatable bonds is 32. The van der Waals surface area contributed by atoms with Crippen LogP contribution in [0, 0.1) is 3.57 Å². The second kappa shape index (κ2) is 33.8. The molecule has 0 aliphatic heterocycles. The SMILES string of the molecule is COC(OC)c1nn(COCC[Si](C)(C)C)c2cc(I)ccc12.COc1cc(OCOCC[Si](C)(C)C)ccc1-c1ccc2c(C(OC)OC)nn(COCC[Si](C)(C)C)c2c1.COc1cc(OCOCC[Si](C)(C)C)ccc1B(O)O. The van der Waals surface area contributed by atoms with Crippen molar-refractivity contribution in [3.63, 3.8) is 0 Å². The maximum absolute atomic E-state index is 9.16. The molecule has 0 saturated heterocycles. The number of hydrogen-bond donors (Lipinski definition) is 2. The first-order valence-corrected chi connectivity index (χ1v) is 43.6. The van der Waals surface area contributed by atoms with Crippen molar-refractivity contribution in [3.8, 4) is 34.1 Å². The van der Waals surface area contributed by atoms with Crippen molar-refractivity contribution in [1.29, 1.82) is 0 Å². The molecule has 0 aliphatic carbocycles. The van der Waals surface area contributed by atoms with E-state index >= 15 is 0 Å². The highest BCUT2D eigenvalue weighted by molar-refractivity contribution is 14.1. The Bertz CT molecular complexity index is 2850. The van der Waals surface area contributed by atoms with Crippen LogP contribution in [0.5, 0.6) is 23.0 Å². The smallest absolute Gasteiger partial charge is 0.492 e. The van der Waals surface area contributed by atoms with Gasteiger partial charge >= 0.3 is 7.12 Å². The summed E-state index contributed by atoms with van der Waals surface area (Å²) in [7, 11) is 3.58. The molecule has 0 radical (unpaired) electrons. The second-order valence-electron chi connectivity index (χ2n) is 24.6. The largest absolute Gasteiger partial charge is 0.497 e. The summed E-state index contributed by atoms with van der Waals surface area (Å²) in [6.07, 6.45) is -1.04. The molecule has 0 unspecified atom stereocenters. The highest BCUT2D eigenvalue weighted by atomic mass is 127. The molecule has 6 aromatic rings. The van der Waals surface area contributed by atoms with Crippen molar-refractivity contribution >= 4 is 89.3 Å². The minimum atomic E-state index is -1.56. The van der Waals surface area contributed by atoms with Gasteiger partial charge in [-0.3, -0.25) is 0 Å². The summed E-state index contributed by atoms with van der Waals surface area (Å²) >= 11 is 2.31. The van der Waals surface area contributed by atoms with E-state index in [1.54, 1.807) is 53.7 Å². The van der Waals surface area contributed by atoms with E-state index < -0.39 is 52.0 Å². The summed E-state index contributed by atoms with van der Waals surface area (Å²) in [5, 5.41) is 29.8. The van der Waals surface area contributed by atoms with Crippen LogP contribution < -0.4 is 24.4 Å². The van der Waals surface area contributed by atoms with Crippen molar-refractivity contribution in [2.45, 2.75) is 129 Å². The third-order valence-corrected chi connectivity index (χ3v) is 20.3. The molecule has 0 atom stereocenters. The van der Waals surface area contributed by atoms with Crippen LogP contribution in [0.2, 0.25) is 103 Å². The average Bonchev–Trinajstić information content (AvgIpc) is 4.17. The molecule has 456 valence electrons. The van der Waals surface area contributed by atoms with E-state index in [1.807, 2.05) is 33.6 Å². The molecule has 0 fully saturated rings. The molecule has 0 saturated carbocycles. The molecule has 24 heteroatoms. The normalized spacial score (nSPS) is 12.2. The highest BCUT2D eigenvalue weighted by Crippen LogP contribution is 2.37. The topological polar surface area (TPSA) is 187 Å². The van der Waals surface area contributed by atoms with E-state index in [0.29, 0.717) is 49.4 Å². The number of ether oxygens (including phenoxy) is 12. The number of aromatic nitrogens is 4. The van der Waals surface area contributed by atoms with Crippen LogP contribution in [-0.4, -0.2) is 152 Å². The average molecular weight is 1320 g/mol. The Morgan fingerprint density at radius 1 is 0.488 bits per heavy atom. The lowest BCUT2D eigenvalue weighted by atomic mass is 9.79. The Morgan fingerprint density at radius 3 is 1.30 bits per heavy atom. The molecule has 4 aromatic carbocycles. The number of benzene rings is 4. The van der Waals surface area contributed by atoms with Gasteiger partial charge in [-0.15, -0.1) is 0 Å². The number of halogens is 1. The van der Waals surface area contributed by atoms with Gasteiger partial charge in [-0.2, -0.15) is 10.2 Å². The lowest BCUT2D eigenvalue weighted by Gasteiger charge is -2.16. The second-order valence-corrected chi connectivity index (χ2v) is 48.3. The fourth-order valence-corrected chi connectivity index (χ4v) is 11.4. The lowest BCUT2D eigenvalue weighted by molar-refractivity contribution is -0.108. The fourth-order valence-electron chi connectivity index (χ4n) is 7.87. The van der Waals surface area contributed by atoms with Crippen LogP contribution in [0.15, 0.2) is 72.8 Å². The van der Waals surface area contributed by atoms with Gasteiger partial charge in [0.2, 0.25) is 12.6 Å². The summed E-state index contributed by atoms with van der Waals surface area (Å²) in [6, 6.07) is 27.6. The molecule has 6 rings (SSSR count). The zero-order valence-electron chi connectivity index (χ0n) is 52.1. The van der Waals surface area contributed by atoms with Gasteiger partial charge in [0.15, 0.2) is 13.6 Å². The molecular weight excluding hydrogens is 1230 g/mol. The summed E-state index contributed by atoms with van der Waals surface area (Å²) < 4.78 is 71.9. The third kappa shape index (κ3) is 24.0. The zero-order chi connectivity index (χ0) is 60.8. The van der Waals surface area contributed by atoms with Crippen LogP contribution in [0.4, 0.5) is 0 Å². The van der Waals surface area contributed by atoms with Crippen LogP contribution in [0.25, 0.3) is 32.9 Å². The summed E-state index contributed by atoms with van der Waals surface area (Å²) in [5.74, 6) is 2.37. The molecule has 82 heavy (non-hydrogen) atoms. The first kappa shape index (κ1) is 70.8. The number of methoxy groups -OCH3 is 6. The first-order valence-electron chi connectivity index (χ1n) is 27.7. The van der Waals surface area contributed by atoms with E-state index in [4.69, 9.17) is 72.0 Å². The summed E-state index contributed by atoms with van der Waals surface area (Å²) in [4.78, 5) is 0. The van der Waals surface area contributed by atoms with Gasteiger partial charge < -0.3 is 66.9 Å². The Kier molecular flexibility index (Phi) is 29.2. The van der Waals surface area contributed by atoms with Crippen LogP contribution >= 0.6 is 22.6 Å². The van der Waals surface area contributed by atoms with Crippen molar-refractivity contribution in [1.82, 2.24) is 19.6 Å². The third-order valence-electron chi connectivity index (χ3n) is 12.8. The van der Waals surface area contributed by atoms with Gasteiger partial charge in [-0.05, 0) is 94.8 Å². The van der Waals surface area contributed by atoms with Gasteiger partial charge in [-0.25, -0.2) is 9.36 Å². The Labute approximate surface area is 505 Å². The van der Waals surface area contributed by atoms with Crippen LogP contribution in [0.1, 0.15) is 24.0 Å². The lowest BCUT2D eigenvalue weighted by Crippen LogP contribution is -2.31. The number of hydrogen-bond acceptors (Lipinski definition) is 16. The van der Waals surface area contributed by atoms with Gasteiger partial charge in [0, 0.05) is 125 Å². The van der Waals surface area contributed by atoms with E-state index in [1.165, 1.54) is 7.11 Å². The molecule has 0 bridgehead atoms. The van der Waals surface area contributed by atoms with Crippen molar-refractivity contribution in [2.75, 3.05) is 82.7 Å². The van der Waals surface area contributed by atoms with E-state index in [2.05, 4.69) is 137 Å². The minimum absolute atomic E-state index is 0.175. The van der Waals surface area contributed by atoms with Gasteiger partial charge in [0.05, 0.1) is 25.3 Å². The Hall–Kier alpha value is -3.72. The van der Waals surface area contributed by atoms with E-state index in [9.17, 15) is 0 Å². The van der Waals surface area contributed by atoms with Crippen molar-refractivity contribution in [3.05, 3.63) is 87.8 Å². The van der Waals surface area contributed by atoms with E-state index in [0.717, 1.165) is 91.0 Å². The molecule has 0 aliphatic rings. The quantitative estimate of drug-likeness (QED) is 0.0176. The molecular formula is C58H94BIN4O14Si4. The van der Waals surface area contributed by atoms with Gasteiger partial charge in [-0.1, -0.05) is 96.8 Å². The highest BCUT2D eigenvalue weighted by Gasteiger charge is 2.24. The number of nitrogens with zero attached hydrogens (tertiary/aromatic N) is 4. The van der Waals surface area contributed by atoms with Crippen LogP contribution in [0.3, 0.4) is 0 Å². The van der Waals surface area contributed by atoms with Gasteiger partial charge in [0.25, 0.3) is 0 Å². The fraction of sp³-hybridized carbons (Fsp3) is 0.552. The molecule has 2 heterocycles. The maximum Gasteiger partial charge on any atom is 0.492 e.